The highest BCUT2D eigenvalue weighted by Gasteiger charge is 2.37. The molecule has 2 rings (SSSR count). The Hall–Kier alpha value is -2.84. The molecule has 1 atom stereocenters. The van der Waals surface area contributed by atoms with Gasteiger partial charge in [-0.3, -0.25) is 4.79 Å². The number of esters is 1. The lowest BCUT2D eigenvalue weighted by atomic mass is 10.2. The average molecular weight is 434 g/mol. The van der Waals surface area contributed by atoms with Crippen LogP contribution in [0, 0.1) is 0 Å². The highest BCUT2D eigenvalue weighted by molar-refractivity contribution is 7.90. The van der Waals surface area contributed by atoms with Crippen molar-refractivity contribution in [3.63, 3.8) is 0 Å². The summed E-state index contributed by atoms with van der Waals surface area (Å²) in [4.78, 5) is 12.2. The lowest BCUT2D eigenvalue weighted by Gasteiger charge is -2.26. The molecule has 0 saturated carbocycles. The first-order valence-corrected chi connectivity index (χ1v) is 10.8. The second kappa shape index (κ2) is 10.8. The van der Waals surface area contributed by atoms with Crippen molar-refractivity contribution in [1.29, 1.82) is 0 Å². The molecule has 0 aromatic heterocycles. The van der Waals surface area contributed by atoms with Crippen LogP contribution in [0.1, 0.15) is 17.5 Å². The SMILES string of the molecule is C=CC[C@@H](C(=O)OC)S(=O)(=O)N(Cc1ccc(OC)cc1)Cc1ccc(OC)cc1. The topological polar surface area (TPSA) is 82.1 Å². The Bertz CT molecular complexity index is 889. The Morgan fingerprint density at radius 2 is 1.37 bits per heavy atom. The Kier molecular flexibility index (Phi) is 8.44. The van der Waals surface area contributed by atoms with Crippen LogP contribution in [0.3, 0.4) is 0 Å². The number of hydrogen-bond donors (Lipinski definition) is 0. The van der Waals surface area contributed by atoms with E-state index in [2.05, 4.69) is 6.58 Å². The van der Waals surface area contributed by atoms with Gasteiger partial charge in [0.1, 0.15) is 11.5 Å². The van der Waals surface area contributed by atoms with Gasteiger partial charge in [-0.05, 0) is 41.8 Å². The summed E-state index contributed by atoms with van der Waals surface area (Å²) in [7, 11) is 0.255. The third kappa shape index (κ3) is 5.84. The van der Waals surface area contributed by atoms with E-state index in [9.17, 15) is 13.2 Å². The van der Waals surface area contributed by atoms with Crippen LogP contribution in [0.15, 0.2) is 61.2 Å². The van der Waals surface area contributed by atoms with Gasteiger partial charge in [0, 0.05) is 13.1 Å². The quantitative estimate of drug-likeness (QED) is 0.400. The van der Waals surface area contributed by atoms with E-state index in [1.54, 1.807) is 62.8 Å². The number of nitrogens with zero attached hydrogens (tertiary/aromatic N) is 1. The molecule has 0 aliphatic rings. The maximum absolute atomic E-state index is 13.4. The van der Waals surface area contributed by atoms with Gasteiger partial charge in [-0.15, -0.1) is 6.58 Å². The number of hydrogen-bond acceptors (Lipinski definition) is 6. The van der Waals surface area contributed by atoms with E-state index in [0.29, 0.717) is 11.5 Å². The van der Waals surface area contributed by atoms with Crippen molar-refractivity contribution in [2.45, 2.75) is 24.8 Å². The molecule has 0 radical (unpaired) electrons. The summed E-state index contributed by atoms with van der Waals surface area (Å²) in [5.74, 6) is 0.522. The van der Waals surface area contributed by atoms with Crippen molar-refractivity contribution in [2.75, 3.05) is 21.3 Å². The number of methoxy groups -OCH3 is 3. The summed E-state index contributed by atoms with van der Waals surface area (Å²) in [5.41, 5.74) is 1.52. The van der Waals surface area contributed by atoms with Gasteiger partial charge in [-0.1, -0.05) is 30.3 Å². The molecule has 0 heterocycles. The summed E-state index contributed by atoms with van der Waals surface area (Å²) in [6.07, 6.45) is 1.36. The number of carbonyl (C=O) groups excluding carboxylic acids is 1. The minimum Gasteiger partial charge on any atom is -0.497 e. The highest BCUT2D eigenvalue weighted by Crippen LogP contribution is 2.23. The lowest BCUT2D eigenvalue weighted by molar-refractivity contribution is -0.140. The summed E-state index contributed by atoms with van der Waals surface area (Å²) in [6, 6.07) is 14.2. The van der Waals surface area contributed by atoms with Crippen LogP contribution in [0.5, 0.6) is 11.5 Å². The Morgan fingerprint density at radius 3 is 1.70 bits per heavy atom. The molecular weight excluding hydrogens is 406 g/mol. The maximum Gasteiger partial charge on any atom is 0.325 e. The van der Waals surface area contributed by atoms with E-state index in [4.69, 9.17) is 14.2 Å². The van der Waals surface area contributed by atoms with Crippen LogP contribution in [0.4, 0.5) is 0 Å². The summed E-state index contributed by atoms with van der Waals surface area (Å²) < 4.78 is 43.1. The zero-order chi connectivity index (χ0) is 22.1. The Balaban J connectivity index is 2.40. The number of sulfonamides is 1. The second-order valence-electron chi connectivity index (χ2n) is 6.55. The van der Waals surface area contributed by atoms with Crippen molar-refractivity contribution in [3.05, 3.63) is 72.3 Å². The molecule has 0 amide bonds. The minimum atomic E-state index is -4.04. The molecular formula is C22H27NO6S. The predicted molar refractivity (Wildman–Crippen MR) is 115 cm³/mol. The number of allylic oxidation sites excluding steroid dienone is 1. The van der Waals surface area contributed by atoms with Gasteiger partial charge in [0.05, 0.1) is 21.3 Å². The average Bonchev–Trinajstić information content (AvgIpc) is 2.77. The van der Waals surface area contributed by atoms with Gasteiger partial charge in [-0.2, -0.15) is 4.31 Å². The third-order valence-electron chi connectivity index (χ3n) is 4.60. The van der Waals surface area contributed by atoms with Crippen molar-refractivity contribution >= 4 is 16.0 Å². The first-order chi connectivity index (χ1) is 14.3. The van der Waals surface area contributed by atoms with Crippen LogP contribution in [0.25, 0.3) is 0 Å². The summed E-state index contributed by atoms with van der Waals surface area (Å²) >= 11 is 0. The molecule has 8 heteroatoms. The molecule has 0 saturated heterocycles. The van der Waals surface area contributed by atoms with Crippen LogP contribution >= 0.6 is 0 Å². The molecule has 30 heavy (non-hydrogen) atoms. The smallest absolute Gasteiger partial charge is 0.325 e. The predicted octanol–water partition coefficient (Wildman–Crippen LogP) is 3.15. The van der Waals surface area contributed by atoms with Crippen molar-refractivity contribution in [1.82, 2.24) is 4.31 Å². The van der Waals surface area contributed by atoms with E-state index < -0.39 is 21.2 Å². The maximum atomic E-state index is 13.4. The van der Waals surface area contributed by atoms with E-state index in [-0.39, 0.29) is 19.5 Å². The largest absolute Gasteiger partial charge is 0.497 e. The van der Waals surface area contributed by atoms with Gasteiger partial charge >= 0.3 is 5.97 Å². The fraction of sp³-hybridized carbons (Fsp3) is 0.318. The van der Waals surface area contributed by atoms with Crippen molar-refractivity contribution in [2.24, 2.45) is 0 Å². The van der Waals surface area contributed by atoms with Crippen molar-refractivity contribution < 1.29 is 27.4 Å². The van der Waals surface area contributed by atoms with Crippen LogP contribution < -0.4 is 9.47 Å². The second-order valence-corrected chi connectivity index (χ2v) is 8.66. The Labute approximate surface area is 177 Å². The van der Waals surface area contributed by atoms with Gasteiger partial charge in [0.25, 0.3) is 0 Å². The standard InChI is InChI=1S/C22H27NO6S/c1-5-6-21(22(24)29-4)30(25,26)23(15-17-7-11-19(27-2)12-8-17)16-18-9-13-20(28-3)14-10-18/h5,7-14,21H,1,6,15-16H2,2-4H3/t21-/m0/s1. The zero-order valence-corrected chi connectivity index (χ0v) is 18.2. The molecule has 162 valence electrons. The summed E-state index contributed by atoms with van der Waals surface area (Å²) in [5, 5.41) is -1.36. The normalized spacial score (nSPS) is 12.3. The molecule has 0 spiro atoms. The number of rotatable bonds is 11. The van der Waals surface area contributed by atoms with Gasteiger partial charge in [-0.25, -0.2) is 8.42 Å². The van der Waals surface area contributed by atoms with E-state index >= 15 is 0 Å². The number of benzene rings is 2. The van der Waals surface area contributed by atoms with E-state index in [1.165, 1.54) is 17.5 Å². The first kappa shape index (κ1) is 23.4. The summed E-state index contributed by atoms with van der Waals surface area (Å²) in [6.45, 7) is 3.75. The molecule has 0 aliphatic carbocycles. The van der Waals surface area contributed by atoms with Crippen LogP contribution in [-0.2, 0) is 32.6 Å². The number of carbonyl (C=O) groups is 1. The number of ether oxygens (including phenoxy) is 3. The lowest BCUT2D eigenvalue weighted by Crippen LogP contribution is -2.42. The van der Waals surface area contributed by atoms with E-state index in [1.807, 2.05) is 0 Å². The van der Waals surface area contributed by atoms with Crippen molar-refractivity contribution in [3.8, 4) is 11.5 Å². The van der Waals surface area contributed by atoms with Crippen LogP contribution in [0.2, 0.25) is 0 Å². The molecule has 0 N–H and O–H groups in total. The molecule has 0 bridgehead atoms. The molecule has 7 nitrogen and oxygen atoms in total. The molecule has 2 aromatic carbocycles. The van der Waals surface area contributed by atoms with Crippen LogP contribution in [-0.4, -0.2) is 45.3 Å². The fourth-order valence-corrected chi connectivity index (χ4v) is 4.64. The van der Waals surface area contributed by atoms with Gasteiger partial charge in [0.2, 0.25) is 10.0 Å². The molecule has 0 fully saturated rings. The fourth-order valence-electron chi connectivity index (χ4n) is 2.91. The van der Waals surface area contributed by atoms with E-state index in [0.717, 1.165) is 11.1 Å². The third-order valence-corrected chi connectivity index (χ3v) is 6.68. The molecule has 0 aliphatic heterocycles. The molecule has 2 aromatic rings. The minimum absolute atomic E-state index is 0.0449. The van der Waals surface area contributed by atoms with Gasteiger partial charge in [0.15, 0.2) is 5.25 Å². The zero-order valence-electron chi connectivity index (χ0n) is 17.4. The monoisotopic (exact) mass is 433 g/mol. The first-order valence-electron chi connectivity index (χ1n) is 9.29. The highest BCUT2D eigenvalue weighted by atomic mass is 32.2. The van der Waals surface area contributed by atoms with Gasteiger partial charge < -0.3 is 14.2 Å². The Morgan fingerprint density at radius 1 is 0.933 bits per heavy atom. The molecule has 0 unspecified atom stereocenters.